The number of anilines is 2. The summed E-state index contributed by atoms with van der Waals surface area (Å²) in [4.78, 5) is 23.3. The lowest BCUT2D eigenvalue weighted by Gasteiger charge is -2.17. The summed E-state index contributed by atoms with van der Waals surface area (Å²) in [5, 5.41) is 16.1. The number of aryl methyl sites for hydroxylation is 1. The van der Waals surface area contributed by atoms with Gasteiger partial charge in [-0.15, -0.1) is 0 Å². The number of aromatic nitrogens is 3. The van der Waals surface area contributed by atoms with Gasteiger partial charge in [0.2, 0.25) is 5.91 Å². The van der Waals surface area contributed by atoms with Crippen LogP contribution in [0.3, 0.4) is 0 Å². The number of H-pyrrole nitrogens is 1. The van der Waals surface area contributed by atoms with Gasteiger partial charge in [-0.25, -0.2) is 9.37 Å². The molecular weight excluding hydrogens is 481 g/mol. The van der Waals surface area contributed by atoms with Crippen LogP contribution in [0.4, 0.5) is 15.9 Å². The second kappa shape index (κ2) is 8.59. The van der Waals surface area contributed by atoms with Crippen LogP contribution in [0.25, 0.3) is 11.2 Å². The zero-order valence-corrected chi connectivity index (χ0v) is 19.4. The van der Waals surface area contributed by atoms with Crippen LogP contribution in [0, 0.1) is 5.82 Å². The first kappa shape index (κ1) is 22.5. The summed E-state index contributed by atoms with van der Waals surface area (Å²) in [5.41, 5.74) is 2.77. The predicted octanol–water partition coefficient (Wildman–Crippen LogP) is 2.71. The van der Waals surface area contributed by atoms with E-state index < -0.39 is 24.1 Å². The van der Waals surface area contributed by atoms with E-state index >= 15 is 0 Å². The number of ether oxygens (including phenoxy) is 3. The number of aliphatic hydroxyl groups is 1. The van der Waals surface area contributed by atoms with Crippen molar-refractivity contribution < 1.29 is 28.5 Å². The first-order valence-electron chi connectivity index (χ1n) is 11.4. The molecule has 0 radical (unpaired) electrons. The number of pyridine rings is 1. The van der Waals surface area contributed by atoms with E-state index in [0.717, 1.165) is 5.56 Å². The second-order valence-electron chi connectivity index (χ2n) is 9.00. The lowest BCUT2D eigenvalue weighted by molar-refractivity contribution is -0.114. The summed E-state index contributed by atoms with van der Waals surface area (Å²) < 4.78 is 32.0. The molecule has 5 atom stereocenters. The second-order valence-corrected chi connectivity index (χ2v) is 9.41. The van der Waals surface area contributed by atoms with E-state index in [9.17, 15) is 14.3 Å². The number of fused-ring (bicyclic) bond motifs is 3. The van der Waals surface area contributed by atoms with E-state index in [-0.39, 0.29) is 37.3 Å². The van der Waals surface area contributed by atoms with Crippen molar-refractivity contribution >= 4 is 40.2 Å². The third kappa shape index (κ3) is 4.08. The summed E-state index contributed by atoms with van der Waals surface area (Å²) in [5.74, 6) is -0.269. The predicted molar refractivity (Wildman–Crippen MR) is 124 cm³/mol. The molecule has 3 aromatic rings. The van der Waals surface area contributed by atoms with Crippen LogP contribution in [0.5, 0.6) is 6.01 Å². The maximum Gasteiger partial charge on any atom is 0.296 e. The molecule has 184 valence electrons. The van der Waals surface area contributed by atoms with Gasteiger partial charge < -0.3 is 34.9 Å². The molecule has 1 aromatic carbocycles. The molecule has 0 bridgehead atoms. The van der Waals surface area contributed by atoms with Crippen molar-refractivity contribution in [3.63, 3.8) is 0 Å². The fourth-order valence-electron chi connectivity index (χ4n) is 5.04. The molecule has 2 saturated heterocycles. The van der Waals surface area contributed by atoms with E-state index in [2.05, 4.69) is 25.6 Å². The van der Waals surface area contributed by atoms with E-state index in [4.69, 9.17) is 25.8 Å². The molecule has 2 aromatic heterocycles. The third-order valence-corrected chi connectivity index (χ3v) is 6.84. The van der Waals surface area contributed by atoms with E-state index in [1.54, 1.807) is 12.1 Å². The Morgan fingerprint density at radius 3 is 2.91 bits per heavy atom. The molecular formula is C23H23ClFN5O5. The Morgan fingerprint density at radius 1 is 1.26 bits per heavy atom. The van der Waals surface area contributed by atoms with Gasteiger partial charge in [-0.3, -0.25) is 4.79 Å². The van der Waals surface area contributed by atoms with Gasteiger partial charge in [0.05, 0.1) is 29.8 Å². The highest BCUT2D eigenvalue weighted by atomic mass is 35.5. The number of aliphatic hydroxyl groups excluding tert-OH is 1. The standard InChI is InChI=1S/C23H23ClFN5O5/c1-9(31)26-11-4-10-2-3-14(18(10)13(25)5-11)27-21-12(24)6-15-22(29-21)30-23(28-15)35-17-8-34-19-16(32)7-33-20(17)19/h4-6,14,16-17,19-20,32H,2-3,7-8H2,1H3,(H,26,31)(H2,27,28,29,30)/t14?,16-,17-,19-,20-/m1/s1. The molecule has 0 spiro atoms. The van der Waals surface area contributed by atoms with Gasteiger partial charge in [0.1, 0.15) is 29.9 Å². The Balaban J connectivity index is 1.21. The number of amides is 1. The van der Waals surface area contributed by atoms with E-state index in [0.29, 0.717) is 46.1 Å². The van der Waals surface area contributed by atoms with E-state index in [1.807, 2.05) is 0 Å². The molecule has 10 nitrogen and oxygen atoms in total. The van der Waals surface area contributed by atoms with Crippen LogP contribution >= 0.6 is 11.6 Å². The van der Waals surface area contributed by atoms with Gasteiger partial charge >= 0.3 is 0 Å². The number of hydrogen-bond donors (Lipinski definition) is 4. The first-order valence-corrected chi connectivity index (χ1v) is 11.7. The summed E-state index contributed by atoms with van der Waals surface area (Å²) in [6.07, 6.45) is -0.545. The third-order valence-electron chi connectivity index (χ3n) is 6.55. The molecule has 0 saturated carbocycles. The maximum atomic E-state index is 14.9. The molecule has 4 heterocycles. The van der Waals surface area contributed by atoms with Crippen molar-refractivity contribution in [2.75, 3.05) is 23.8 Å². The molecule has 1 amide bonds. The van der Waals surface area contributed by atoms with Gasteiger partial charge in [-0.2, -0.15) is 4.98 Å². The highest BCUT2D eigenvalue weighted by molar-refractivity contribution is 6.33. The highest BCUT2D eigenvalue weighted by Crippen LogP contribution is 2.39. The number of benzene rings is 1. The number of carbonyl (C=O) groups is 1. The molecule has 4 N–H and O–H groups in total. The summed E-state index contributed by atoms with van der Waals surface area (Å²) in [6, 6.07) is 4.71. The van der Waals surface area contributed by atoms with Crippen LogP contribution < -0.4 is 15.4 Å². The fraction of sp³-hybridized carbons (Fsp3) is 0.435. The Morgan fingerprint density at radius 2 is 2.09 bits per heavy atom. The number of nitrogens with one attached hydrogen (secondary N) is 3. The summed E-state index contributed by atoms with van der Waals surface area (Å²) in [6.45, 7) is 1.87. The first-order chi connectivity index (χ1) is 16.9. The quantitative estimate of drug-likeness (QED) is 0.418. The van der Waals surface area contributed by atoms with Gasteiger partial charge in [0.25, 0.3) is 6.01 Å². The number of nitrogens with zero attached hydrogens (tertiary/aromatic N) is 2. The zero-order valence-electron chi connectivity index (χ0n) is 18.7. The average Bonchev–Trinajstić information content (AvgIpc) is 3.55. The topological polar surface area (TPSA) is 131 Å². The Hall–Kier alpha value is -2.99. The maximum absolute atomic E-state index is 14.9. The lowest BCUT2D eigenvalue weighted by Crippen LogP contribution is -2.34. The zero-order chi connectivity index (χ0) is 24.3. The SMILES string of the molecule is CC(=O)Nc1cc(F)c2c(c1)CCC2Nc1nc2nc(O[C@@H]3CO[C@H]4[C@@H]3OC[C@H]4O)[nH]c2cc1Cl. The average molecular weight is 504 g/mol. The number of hydrogen-bond acceptors (Lipinski definition) is 8. The monoisotopic (exact) mass is 503 g/mol. The summed E-state index contributed by atoms with van der Waals surface area (Å²) >= 11 is 6.48. The largest absolute Gasteiger partial charge is 0.456 e. The minimum Gasteiger partial charge on any atom is -0.456 e. The van der Waals surface area contributed by atoms with Crippen molar-refractivity contribution in [2.45, 2.75) is 50.2 Å². The molecule has 2 fully saturated rings. The van der Waals surface area contributed by atoms with Crippen LogP contribution in [0.1, 0.15) is 30.5 Å². The van der Waals surface area contributed by atoms with Gasteiger partial charge in [-0.05, 0) is 36.6 Å². The van der Waals surface area contributed by atoms with Crippen LogP contribution in [0.15, 0.2) is 18.2 Å². The molecule has 3 aliphatic rings. The number of rotatable bonds is 5. The van der Waals surface area contributed by atoms with Gasteiger partial charge in [0.15, 0.2) is 11.8 Å². The van der Waals surface area contributed by atoms with Crippen molar-refractivity contribution in [3.05, 3.63) is 40.2 Å². The number of halogens is 2. The highest BCUT2D eigenvalue weighted by Gasteiger charge is 2.48. The Kier molecular flexibility index (Phi) is 5.52. The van der Waals surface area contributed by atoms with Crippen molar-refractivity contribution in [1.82, 2.24) is 15.0 Å². The molecule has 2 aliphatic heterocycles. The smallest absolute Gasteiger partial charge is 0.296 e. The normalized spacial score (nSPS) is 27.1. The van der Waals surface area contributed by atoms with Crippen molar-refractivity contribution in [1.29, 1.82) is 0 Å². The number of carbonyl (C=O) groups excluding carboxylic acids is 1. The molecule has 12 heteroatoms. The Labute approximate surface area is 204 Å². The van der Waals surface area contributed by atoms with Crippen molar-refractivity contribution in [2.24, 2.45) is 0 Å². The molecule has 35 heavy (non-hydrogen) atoms. The fourth-order valence-corrected chi connectivity index (χ4v) is 5.25. The molecule has 6 rings (SSSR count). The Bertz CT molecular complexity index is 1320. The van der Waals surface area contributed by atoms with Crippen LogP contribution in [-0.4, -0.2) is 63.6 Å². The summed E-state index contributed by atoms with van der Waals surface area (Å²) in [7, 11) is 0. The van der Waals surface area contributed by atoms with Crippen LogP contribution in [-0.2, 0) is 20.7 Å². The van der Waals surface area contributed by atoms with Crippen LogP contribution in [0.2, 0.25) is 5.02 Å². The van der Waals surface area contributed by atoms with Gasteiger partial charge in [0, 0.05) is 18.2 Å². The minimum atomic E-state index is -0.666. The minimum absolute atomic E-state index is 0.209. The van der Waals surface area contributed by atoms with Crippen molar-refractivity contribution in [3.8, 4) is 6.01 Å². The molecule has 1 aliphatic carbocycles. The number of imidazole rings is 1. The lowest BCUT2D eigenvalue weighted by atomic mass is 10.1. The number of aromatic amines is 1. The van der Waals surface area contributed by atoms with Gasteiger partial charge in [-0.1, -0.05) is 11.6 Å². The molecule has 1 unspecified atom stereocenters. The van der Waals surface area contributed by atoms with E-state index in [1.165, 1.54) is 13.0 Å².